The molecule has 2 nitrogen and oxygen atoms in total. The van der Waals surface area contributed by atoms with Gasteiger partial charge in [0.2, 0.25) is 0 Å². The normalized spacial score (nSPS) is 10.7. The Kier molecular flexibility index (Phi) is 9.49. The van der Waals surface area contributed by atoms with Crippen molar-refractivity contribution >= 4 is 0 Å². The Morgan fingerprint density at radius 1 is 0.944 bits per heavy atom. The van der Waals surface area contributed by atoms with Gasteiger partial charge in [-0.25, -0.2) is 0 Å². The zero-order chi connectivity index (χ0) is 12.9. The van der Waals surface area contributed by atoms with Crippen LogP contribution in [0.15, 0.2) is 30.3 Å². The molecular weight excluding hydrogens is 222 g/mol. The summed E-state index contributed by atoms with van der Waals surface area (Å²) in [7, 11) is 0. The number of rotatable bonds is 11. The highest BCUT2D eigenvalue weighted by Crippen LogP contribution is 2.01. The topological polar surface area (TPSA) is 21.3 Å². The van der Waals surface area contributed by atoms with Gasteiger partial charge in [0.05, 0.1) is 0 Å². The third kappa shape index (κ3) is 8.26. The molecule has 0 spiro atoms. The molecule has 2 heteroatoms. The maximum absolute atomic E-state index is 5.51. The van der Waals surface area contributed by atoms with Gasteiger partial charge in [0.1, 0.15) is 0 Å². The molecule has 0 saturated carbocycles. The summed E-state index contributed by atoms with van der Waals surface area (Å²) in [5.41, 5.74) is 1.43. The van der Waals surface area contributed by atoms with Crippen LogP contribution in [0.4, 0.5) is 0 Å². The van der Waals surface area contributed by atoms with E-state index in [0.29, 0.717) is 0 Å². The molecule has 0 radical (unpaired) electrons. The fourth-order valence-electron chi connectivity index (χ4n) is 1.83. The lowest BCUT2D eigenvalue weighted by Gasteiger charge is -2.06. The van der Waals surface area contributed by atoms with Gasteiger partial charge in [0.15, 0.2) is 0 Å². The van der Waals surface area contributed by atoms with Crippen LogP contribution in [0.25, 0.3) is 0 Å². The van der Waals surface area contributed by atoms with E-state index in [2.05, 4.69) is 42.6 Å². The first-order chi connectivity index (χ1) is 8.93. The van der Waals surface area contributed by atoms with Crippen molar-refractivity contribution in [2.75, 3.05) is 26.3 Å². The molecule has 0 unspecified atom stereocenters. The number of hydrogen-bond acceptors (Lipinski definition) is 2. The van der Waals surface area contributed by atoms with Crippen molar-refractivity contribution in [3.8, 4) is 0 Å². The molecule has 0 bridgehead atoms. The molecule has 1 N–H and O–H groups in total. The molecule has 0 aliphatic rings. The Morgan fingerprint density at radius 2 is 1.67 bits per heavy atom. The van der Waals surface area contributed by atoms with Gasteiger partial charge in [-0.2, -0.15) is 0 Å². The molecule has 102 valence electrons. The number of aryl methyl sites for hydroxylation is 1. The second-order valence-corrected chi connectivity index (χ2v) is 4.66. The van der Waals surface area contributed by atoms with Gasteiger partial charge in [0.25, 0.3) is 0 Å². The van der Waals surface area contributed by atoms with Crippen LogP contribution in [0, 0.1) is 0 Å². The summed E-state index contributed by atoms with van der Waals surface area (Å²) >= 11 is 0. The summed E-state index contributed by atoms with van der Waals surface area (Å²) in [6, 6.07) is 10.7. The minimum absolute atomic E-state index is 0.895. The van der Waals surface area contributed by atoms with Gasteiger partial charge in [-0.15, -0.1) is 0 Å². The first-order valence-corrected chi connectivity index (χ1v) is 7.26. The summed E-state index contributed by atoms with van der Waals surface area (Å²) in [4.78, 5) is 0. The maximum atomic E-state index is 5.51. The molecule has 0 heterocycles. The monoisotopic (exact) mass is 249 g/mol. The Balaban J connectivity index is 1.82. The zero-order valence-corrected chi connectivity index (χ0v) is 11.7. The van der Waals surface area contributed by atoms with Crippen molar-refractivity contribution in [3.05, 3.63) is 35.9 Å². The largest absolute Gasteiger partial charge is 0.381 e. The smallest absolute Gasteiger partial charge is 0.0478 e. The van der Waals surface area contributed by atoms with Gasteiger partial charge < -0.3 is 10.1 Å². The minimum atomic E-state index is 0.895. The van der Waals surface area contributed by atoms with Crippen molar-refractivity contribution in [1.29, 1.82) is 0 Å². The lowest BCUT2D eigenvalue weighted by atomic mass is 10.1. The standard InChI is InChI=1S/C16H27NO/c1-2-3-14-18-15-8-13-17-12-7-11-16-9-5-4-6-10-16/h4-6,9-10,17H,2-3,7-8,11-15H2,1H3. The van der Waals surface area contributed by atoms with E-state index in [9.17, 15) is 0 Å². The predicted molar refractivity (Wildman–Crippen MR) is 78.0 cm³/mol. The van der Waals surface area contributed by atoms with Gasteiger partial charge >= 0.3 is 0 Å². The Hall–Kier alpha value is -0.860. The fraction of sp³-hybridized carbons (Fsp3) is 0.625. The molecule has 1 aromatic rings. The lowest BCUT2D eigenvalue weighted by Crippen LogP contribution is -2.18. The van der Waals surface area contributed by atoms with Crippen LogP contribution >= 0.6 is 0 Å². The quantitative estimate of drug-likeness (QED) is 0.607. The molecule has 1 aromatic carbocycles. The molecule has 0 fully saturated rings. The van der Waals surface area contributed by atoms with Crippen LogP contribution < -0.4 is 5.32 Å². The van der Waals surface area contributed by atoms with E-state index < -0.39 is 0 Å². The van der Waals surface area contributed by atoms with E-state index in [4.69, 9.17) is 4.74 Å². The van der Waals surface area contributed by atoms with Crippen molar-refractivity contribution in [2.45, 2.75) is 39.0 Å². The summed E-state index contributed by atoms with van der Waals surface area (Å²) in [5.74, 6) is 0. The van der Waals surface area contributed by atoms with E-state index in [1.807, 2.05) is 0 Å². The van der Waals surface area contributed by atoms with E-state index in [1.165, 1.54) is 31.2 Å². The average molecular weight is 249 g/mol. The number of benzene rings is 1. The molecule has 0 amide bonds. The molecule has 0 aromatic heterocycles. The first-order valence-electron chi connectivity index (χ1n) is 7.26. The zero-order valence-electron chi connectivity index (χ0n) is 11.7. The van der Waals surface area contributed by atoms with Crippen molar-refractivity contribution in [2.24, 2.45) is 0 Å². The third-order valence-electron chi connectivity index (χ3n) is 2.95. The van der Waals surface area contributed by atoms with Gasteiger partial charge in [-0.05, 0) is 44.3 Å². The predicted octanol–water partition coefficient (Wildman–Crippen LogP) is 3.42. The third-order valence-corrected chi connectivity index (χ3v) is 2.95. The fourth-order valence-corrected chi connectivity index (χ4v) is 1.83. The SMILES string of the molecule is CCCCOCCCNCCCc1ccccc1. The van der Waals surface area contributed by atoms with Crippen LogP contribution in [-0.4, -0.2) is 26.3 Å². The molecule has 0 aliphatic heterocycles. The summed E-state index contributed by atoms with van der Waals surface area (Å²) in [5, 5.41) is 3.47. The van der Waals surface area contributed by atoms with Crippen LogP contribution in [-0.2, 0) is 11.2 Å². The second-order valence-electron chi connectivity index (χ2n) is 4.66. The highest BCUT2D eigenvalue weighted by Gasteiger charge is 1.92. The first kappa shape index (κ1) is 15.2. The summed E-state index contributed by atoms with van der Waals surface area (Å²) in [6.07, 6.45) is 5.90. The second kappa shape index (κ2) is 11.2. The number of hydrogen-bond donors (Lipinski definition) is 1. The maximum Gasteiger partial charge on any atom is 0.0478 e. The number of nitrogens with one attached hydrogen (secondary N) is 1. The molecule has 0 saturated heterocycles. The highest BCUT2D eigenvalue weighted by atomic mass is 16.5. The van der Waals surface area contributed by atoms with E-state index >= 15 is 0 Å². The Morgan fingerprint density at radius 3 is 2.44 bits per heavy atom. The highest BCUT2D eigenvalue weighted by molar-refractivity contribution is 5.14. The van der Waals surface area contributed by atoms with E-state index in [-0.39, 0.29) is 0 Å². The average Bonchev–Trinajstić information content (AvgIpc) is 2.42. The van der Waals surface area contributed by atoms with Gasteiger partial charge in [0, 0.05) is 13.2 Å². The summed E-state index contributed by atoms with van der Waals surface area (Å²) < 4.78 is 5.51. The van der Waals surface area contributed by atoms with Crippen molar-refractivity contribution in [1.82, 2.24) is 5.32 Å². The van der Waals surface area contributed by atoms with E-state index in [1.54, 1.807) is 0 Å². The van der Waals surface area contributed by atoms with Crippen molar-refractivity contribution < 1.29 is 4.74 Å². The van der Waals surface area contributed by atoms with Crippen LogP contribution in [0.3, 0.4) is 0 Å². The Bertz CT molecular complexity index is 274. The van der Waals surface area contributed by atoms with Crippen LogP contribution in [0.1, 0.15) is 38.2 Å². The number of ether oxygens (including phenoxy) is 1. The lowest BCUT2D eigenvalue weighted by molar-refractivity contribution is 0.129. The molecule has 0 atom stereocenters. The minimum Gasteiger partial charge on any atom is -0.381 e. The molecule has 0 aliphatic carbocycles. The Labute approximate surface area is 112 Å². The van der Waals surface area contributed by atoms with Gasteiger partial charge in [-0.1, -0.05) is 43.7 Å². The summed E-state index contributed by atoms with van der Waals surface area (Å²) in [6.45, 7) is 6.18. The molecular formula is C16H27NO. The van der Waals surface area contributed by atoms with Crippen LogP contribution in [0.2, 0.25) is 0 Å². The van der Waals surface area contributed by atoms with Crippen molar-refractivity contribution in [3.63, 3.8) is 0 Å². The van der Waals surface area contributed by atoms with E-state index in [0.717, 1.165) is 32.7 Å². The molecule has 18 heavy (non-hydrogen) atoms. The van der Waals surface area contributed by atoms with Crippen LogP contribution in [0.5, 0.6) is 0 Å². The number of unbranched alkanes of at least 4 members (excludes halogenated alkanes) is 1. The molecule has 1 rings (SSSR count). The van der Waals surface area contributed by atoms with Gasteiger partial charge in [-0.3, -0.25) is 0 Å².